The maximum Gasteiger partial charge on any atom is 0.0518 e. The molecule has 0 saturated carbocycles. The fraction of sp³-hybridized carbons (Fsp3) is 1.00. The van der Waals surface area contributed by atoms with Gasteiger partial charge in [-0.2, -0.15) is 0 Å². The summed E-state index contributed by atoms with van der Waals surface area (Å²) in [7, 11) is 0. The molecule has 1 unspecified atom stereocenters. The first-order valence-electron chi connectivity index (χ1n) is 7.73. The Morgan fingerprint density at radius 1 is 1.22 bits per heavy atom. The molecule has 0 radical (unpaired) electrons. The molecule has 1 heterocycles. The molecule has 1 saturated heterocycles. The van der Waals surface area contributed by atoms with Crippen molar-refractivity contribution in [3.63, 3.8) is 0 Å². The molecule has 0 aliphatic carbocycles. The summed E-state index contributed by atoms with van der Waals surface area (Å²) in [5.41, 5.74) is 0. The van der Waals surface area contributed by atoms with Crippen molar-refractivity contribution in [3.8, 4) is 0 Å². The average molecular weight is 256 g/mol. The van der Waals surface area contributed by atoms with Gasteiger partial charge in [-0.05, 0) is 65.1 Å². The normalized spacial score (nSPS) is 22.3. The summed E-state index contributed by atoms with van der Waals surface area (Å²) < 4.78 is 5.52. The van der Waals surface area contributed by atoms with Crippen LogP contribution in [0.5, 0.6) is 0 Å². The Morgan fingerprint density at radius 3 is 2.83 bits per heavy atom. The van der Waals surface area contributed by atoms with Crippen molar-refractivity contribution in [1.82, 2.24) is 10.2 Å². The summed E-state index contributed by atoms with van der Waals surface area (Å²) in [4.78, 5) is 2.61. The van der Waals surface area contributed by atoms with E-state index in [-0.39, 0.29) is 0 Å². The Kier molecular flexibility index (Phi) is 8.64. The highest BCUT2D eigenvalue weighted by atomic mass is 16.5. The van der Waals surface area contributed by atoms with Gasteiger partial charge in [0.15, 0.2) is 0 Å². The second-order valence-electron chi connectivity index (χ2n) is 5.90. The van der Waals surface area contributed by atoms with Crippen molar-refractivity contribution >= 4 is 0 Å². The highest BCUT2D eigenvalue weighted by Crippen LogP contribution is 2.15. The molecule has 0 spiro atoms. The van der Waals surface area contributed by atoms with Crippen molar-refractivity contribution in [2.75, 3.05) is 39.3 Å². The highest BCUT2D eigenvalue weighted by molar-refractivity contribution is 4.68. The van der Waals surface area contributed by atoms with Crippen LogP contribution in [-0.4, -0.2) is 50.3 Å². The third-order valence-corrected chi connectivity index (χ3v) is 3.66. The van der Waals surface area contributed by atoms with E-state index in [2.05, 4.69) is 31.0 Å². The minimum Gasteiger partial charge on any atom is -0.379 e. The lowest BCUT2D eigenvalue weighted by molar-refractivity contribution is 0.0770. The Hall–Kier alpha value is -0.120. The third-order valence-electron chi connectivity index (χ3n) is 3.66. The van der Waals surface area contributed by atoms with Crippen molar-refractivity contribution in [2.45, 2.75) is 52.6 Å². The van der Waals surface area contributed by atoms with E-state index in [1.165, 1.54) is 38.9 Å². The van der Waals surface area contributed by atoms with Gasteiger partial charge in [0.2, 0.25) is 0 Å². The summed E-state index contributed by atoms with van der Waals surface area (Å²) in [5, 5.41) is 3.52. The van der Waals surface area contributed by atoms with Gasteiger partial charge in [-0.3, -0.25) is 0 Å². The van der Waals surface area contributed by atoms with Crippen molar-refractivity contribution < 1.29 is 4.74 Å². The molecule has 1 rings (SSSR count). The highest BCUT2D eigenvalue weighted by Gasteiger charge is 2.12. The number of likely N-dealkylation sites (tertiary alicyclic amines) is 1. The zero-order valence-corrected chi connectivity index (χ0v) is 12.6. The van der Waals surface area contributed by atoms with Gasteiger partial charge in [-0.1, -0.05) is 6.92 Å². The van der Waals surface area contributed by atoms with Gasteiger partial charge in [0.05, 0.1) is 6.10 Å². The second kappa shape index (κ2) is 9.76. The number of nitrogens with one attached hydrogen (secondary N) is 1. The minimum absolute atomic E-state index is 0.365. The van der Waals surface area contributed by atoms with Gasteiger partial charge in [0.25, 0.3) is 0 Å². The van der Waals surface area contributed by atoms with Gasteiger partial charge in [-0.25, -0.2) is 0 Å². The molecule has 0 bridgehead atoms. The van der Waals surface area contributed by atoms with Gasteiger partial charge in [0, 0.05) is 19.7 Å². The summed E-state index contributed by atoms with van der Waals surface area (Å²) in [5.74, 6) is 0.927. The van der Waals surface area contributed by atoms with E-state index in [9.17, 15) is 0 Å². The summed E-state index contributed by atoms with van der Waals surface area (Å²) in [6.07, 6.45) is 5.65. The van der Waals surface area contributed by atoms with Crippen molar-refractivity contribution in [1.29, 1.82) is 0 Å². The molecular formula is C15H32N2O. The zero-order valence-electron chi connectivity index (χ0n) is 12.6. The van der Waals surface area contributed by atoms with E-state index in [0.29, 0.717) is 6.10 Å². The fourth-order valence-corrected chi connectivity index (χ4v) is 2.42. The second-order valence-corrected chi connectivity index (χ2v) is 5.90. The van der Waals surface area contributed by atoms with E-state index in [0.717, 1.165) is 32.0 Å². The molecular weight excluding hydrogens is 224 g/mol. The Balaban J connectivity index is 1.91. The SMILES string of the molecule is CC1CCCN(CCNCCCOC(C)C)CC1. The molecule has 1 aliphatic rings. The predicted molar refractivity (Wildman–Crippen MR) is 78.0 cm³/mol. The summed E-state index contributed by atoms with van der Waals surface area (Å²) in [6, 6.07) is 0. The van der Waals surface area contributed by atoms with E-state index in [4.69, 9.17) is 4.74 Å². The van der Waals surface area contributed by atoms with Crippen LogP contribution in [0.4, 0.5) is 0 Å². The Morgan fingerprint density at radius 2 is 2.06 bits per heavy atom. The van der Waals surface area contributed by atoms with Gasteiger partial charge in [0.1, 0.15) is 0 Å². The summed E-state index contributed by atoms with van der Waals surface area (Å²) >= 11 is 0. The Bertz CT molecular complexity index is 197. The smallest absolute Gasteiger partial charge is 0.0518 e. The van der Waals surface area contributed by atoms with Crippen LogP contribution in [0, 0.1) is 5.92 Å². The molecule has 1 fully saturated rings. The topological polar surface area (TPSA) is 24.5 Å². The predicted octanol–water partition coefficient (Wildman–Crippen LogP) is 2.51. The van der Waals surface area contributed by atoms with Crippen LogP contribution in [0.15, 0.2) is 0 Å². The minimum atomic E-state index is 0.365. The van der Waals surface area contributed by atoms with E-state index in [1.54, 1.807) is 0 Å². The summed E-state index contributed by atoms with van der Waals surface area (Å²) in [6.45, 7) is 13.4. The monoisotopic (exact) mass is 256 g/mol. The first kappa shape index (κ1) is 15.9. The molecule has 1 aliphatic heterocycles. The number of rotatable bonds is 8. The van der Waals surface area contributed by atoms with Crippen LogP contribution in [0.1, 0.15) is 46.5 Å². The average Bonchev–Trinajstić information content (AvgIpc) is 2.53. The van der Waals surface area contributed by atoms with E-state index >= 15 is 0 Å². The third kappa shape index (κ3) is 8.06. The molecule has 108 valence electrons. The molecule has 3 nitrogen and oxygen atoms in total. The number of nitrogens with zero attached hydrogens (tertiary/aromatic N) is 1. The van der Waals surface area contributed by atoms with Crippen LogP contribution in [-0.2, 0) is 4.74 Å². The first-order chi connectivity index (χ1) is 8.68. The number of hydrogen-bond donors (Lipinski definition) is 1. The van der Waals surface area contributed by atoms with Crippen LogP contribution < -0.4 is 5.32 Å². The van der Waals surface area contributed by atoms with Gasteiger partial charge < -0.3 is 15.0 Å². The quantitative estimate of drug-likeness (QED) is 0.675. The lowest BCUT2D eigenvalue weighted by atomic mass is 10.0. The zero-order chi connectivity index (χ0) is 13.2. The molecule has 1 atom stereocenters. The van der Waals surface area contributed by atoms with Gasteiger partial charge >= 0.3 is 0 Å². The molecule has 0 aromatic rings. The van der Waals surface area contributed by atoms with Crippen molar-refractivity contribution in [3.05, 3.63) is 0 Å². The molecule has 0 aromatic carbocycles. The lowest BCUT2D eigenvalue weighted by Gasteiger charge is -2.20. The standard InChI is InChI=1S/C15H32N2O/c1-14(2)18-13-5-8-16-9-12-17-10-4-6-15(3)7-11-17/h14-16H,4-13H2,1-3H3. The number of hydrogen-bond acceptors (Lipinski definition) is 3. The van der Waals surface area contributed by atoms with Crippen LogP contribution in [0.2, 0.25) is 0 Å². The van der Waals surface area contributed by atoms with Crippen LogP contribution in [0.25, 0.3) is 0 Å². The maximum atomic E-state index is 5.52. The molecule has 18 heavy (non-hydrogen) atoms. The van der Waals surface area contributed by atoms with Crippen molar-refractivity contribution in [2.24, 2.45) is 5.92 Å². The molecule has 1 N–H and O–H groups in total. The molecule has 3 heteroatoms. The maximum absolute atomic E-state index is 5.52. The molecule has 0 amide bonds. The van der Waals surface area contributed by atoms with Gasteiger partial charge in [-0.15, -0.1) is 0 Å². The van der Waals surface area contributed by atoms with Crippen LogP contribution >= 0.6 is 0 Å². The largest absolute Gasteiger partial charge is 0.379 e. The van der Waals surface area contributed by atoms with E-state index in [1.807, 2.05) is 0 Å². The fourth-order valence-electron chi connectivity index (χ4n) is 2.42. The number of ether oxygens (including phenoxy) is 1. The lowest BCUT2D eigenvalue weighted by Crippen LogP contribution is -2.33. The Labute approximate surface area is 113 Å². The molecule has 0 aromatic heterocycles. The van der Waals surface area contributed by atoms with Crippen LogP contribution in [0.3, 0.4) is 0 Å². The van der Waals surface area contributed by atoms with E-state index < -0.39 is 0 Å². The first-order valence-corrected chi connectivity index (χ1v) is 7.73.